The van der Waals surface area contributed by atoms with Crippen molar-refractivity contribution in [1.29, 1.82) is 0 Å². The maximum absolute atomic E-state index is 10.7. The van der Waals surface area contributed by atoms with E-state index in [0.29, 0.717) is 6.42 Å². The molecule has 0 unspecified atom stereocenters. The van der Waals surface area contributed by atoms with Crippen LogP contribution in [0.5, 0.6) is 0 Å². The average Bonchev–Trinajstić information content (AvgIpc) is 2.10. The number of methoxy groups -OCH3 is 1. The van der Waals surface area contributed by atoms with Crippen LogP contribution in [-0.4, -0.2) is 46.8 Å². The molecule has 0 saturated carbocycles. The summed E-state index contributed by atoms with van der Waals surface area (Å²) in [5, 5.41) is 2.17. The van der Waals surface area contributed by atoms with Crippen molar-refractivity contribution in [3.05, 3.63) is 0 Å². The largest absolute Gasteiger partial charge is 0.469 e. The monoisotopic (exact) mass is 190 g/mol. The van der Waals surface area contributed by atoms with E-state index in [1.165, 1.54) is 25.0 Å². The molecule has 3 N–H and O–H groups in total. The Bertz CT molecular complexity index is 138. The Morgan fingerprint density at radius 3 is 2.62 bits per heavy atom. The Hall–Kier alpha value is -0.610. The number of nitrogens with one attached hydrogen (secondary N) is 1. The lowest BCUT2D eigenvalue weighted by atomic mass is 10.3. The van der Waals surface area contributed by atoms with Gasteiger partial charge in [0.05, 0.1) is 47.3 Å². The minimum atomic E-state index is -0.116. The van der Waals surface area contributed by atoms with Gasteiger partial charge in [0.2, 0.25) is 0 Å². The smallest absolute Gasteiger partial charge is 0.311 e. The summed E-state index contributed by atoms with van der Waals surface area (Å²) in [5.41, 5.74) is 0. The van der Waals surface area contributed by atoms with Gasteiger partial charge in [0.25, 0.3) is 0 Å². The van der Waals surface area contributed by atoms with E-state index in [1.807, 2.05) is 0 Å². The second-order valence-corrected chi connectivity index (χ2v) is 3.50. The molecule has 13 heavy (non-hydrogen) atoms. The van der Waals surface area contributed by atoms with Crippen LogP contribution in [0.1, 0.15) is 12.8 Å². The Balaban J connectivity index is 3.04. The molecule has 0 atom stereocenters. The van der Waals surface area contributed by atoms with Crippen LogP contribution in [0.2, 0.25) is 0 Å². The molecule has 0 aromatic heterocycles. The molecule has 0 aromatic rings. The van der Waals surface area contributed by atoms with Gasteiger partial charge in [0.15, 0.2) is 0 Å². The Kier molecular flexibility index (Phi) is 7.63. The number of hydrogen-bond acceptors (Lipinski definition) is 2. The highest BCUT2D eigenvalue weighted by molar-refractivity contribution is 5.69. The number of hydrogen-bond donors (Lipinski definition) is 2. The third kappa shape index (κ3) is 9.30. The van der Waals surface area contributed by atoms with Crippen molar-refractivity contribution in [2.45, 2.75) is 12.8 Å². The molecular weight excluding hydrogens is 168 g/mol. The van der Waals surface area contributed by atoms with Gasteiger partial charge in [-0.25, -0.2) is 0 Å². The number of esters is 1. The molecule has 0 aliphatic rings. The fraction of sp³-hybridized carbons (Fsp3) is 0.889. The van der Waals surface area contributed by atoms with Crippen molar-refractivity contribution in [3.63, 3.8) is 0 Å². The number of nitrogens with two attached hydrogens (primary N) is 1. The molecule has 78 valence electrons. The SMILES string of the molecule is COC(=O)CC[NH2+]CCC[NH+](C)C. The molecule has 0 aliphatic carbocycles. The molecule has 0 fully saturated rings. The summed E-state index contributed by atoms with van der Waals surface area (Å²) in [6, 6.07) is 0. The first-order chi connectivity index (χ1) is 6.16. The van der Waals surface area contributed by atoms with Gasteiger partial charge < -0.3 is 15.0 Å². The number of rotatable bonds is 7. The zero-order valence-corrected chi connectivity index (χ0v) is 8.93. The summed E-state index contributed by atoms with van der Waals surface area (Å²) in [6.45, 7) is 3.13. The van der Waals surface area contributed by atoms with E-state index >= 15 is 0 Å². The number of quaternary nitrogens is 2. The molecule has 4 heteroatoms. The maximum atomic E-state index is 10.7. The predicted octanol–water partition coefficient (Wildman–Crippen LogP) is -2.35. The molecule has 0 saturated heterocycles. The van der Waals surface area contributed by atoms with Crippen LogP contribution in [0.15, 0.2) is 0 Å². The van der Waals surface area contributed by atoms with Crippen molar-refractivity contribution in [3.8, 4) is 0 Å². The number of carbonyl (C=O) groups is 1. The van der Waals surface area contributed by atoms with E-state index in [0.717, 1.165) is 13.1 Å². The van der Waals surface area contributed by atoms with E-state index in [1.54, 1.807) is 0 Å². The molecule has 0 rings (SSSR count). The average molecular weight is 190 g/mol. The fourth-order valence-corrected chi connectivity index (χ4v) is 1.07. The molecule has 0 aliphatic heterocycles. The highest BCUT2D eigenvalue weighted by atomic mass is 16.5. The van der Waals surface area contributed by atoms with Crippen molar-refractivity contribution in [2.24, 2.45) is 0 Å². The number of carbonyl (C=O) groups excluding carboxylic acids is 1. The Morgan fingerprint density at radius 2 is 2.08 bits per heavy atom. The Morgan fingerprint density at radius 1 is 1.38 bits per heavy atom. The van der Waals surface area contributed by atoms with Crippen LogP contribution in [0, 0.1) is 0 Å². The van der Waals surface area contributed by atoms with E-state index in [2.05, 4.69) is 24.1 Å². The quantitative estimate of drug-likeness (QED) is 0.349. The van der Waals surface area contributed by atoms with Crippen LogP contribution in [-0.2, 0) is 9.53 Å². The zero-order valence-electron chi connectivity index (χ0n) is 8.93. The van der Waals surface area contributed by atoms with Crippen molar-refractivity contribution < 1.29 is 19.7 Å². The van der Waals surface area contributed by atoms with Gasteiger partial charge in [-0.3, -0.25) is 4.79 Å². The summed E-state index contributed by atoms with van der Waals surface area (Å²) < 4.78 is 4.53. The first-order valence-corrected chi connectivity index (χ1v) is 4.84. The molecule has 0 amide bonds. The molecule has 0 spiro atoms. The lowest BCUT2D eigenvalue weighted by Gasteiger charge is -2.05. The lowest BCUT2D eigenvalue weighted by molar-refractivity contribution is -0.860. The molecule has 0 bridgehead atoms. The second kappa shape index (κ2) is 8.01. The van der Waals surface area contributed by atoms with Crippen LogP contribution in [0.25, 0.3) is 0 Å². The fourth-order valence-electron chi connectivity index (χ4n) is 1.07. The molecule has 0 radical (unpaired) electrons. The van der Waals surface area contributed by atoms with Gasteiger partial charge in [-0.05, 0) is 0 Å². The van der Waals surface area contributed by atoms with Crippen molar-refractivity contribution in [2.75, 3.05) is 40.8 Å². The highest BCUT2D eigenvalue weighted by Gasteiger charge is 2.01. The first-order valence-electron chi connectivity index (χ1n) is 4.84. The van der Waals surface area contributed by atoms with E-state index in [4.69, 9.17) is 0 Å². The third-order valence-corrected chi connectivity index (χ3v) is 1.87. The van der Waals surface area contributed by atoms with E-state index in [9.17, 15) is 4.79 Å². The van der Waals surface area contributed by atoms with Gasteiger partial charge in [-0.2, -0.15) is 0 Å². The van der Waals surface area contributed by atoms with Gasteiger partial charge in [-0.15, -0.1) is 0 Å². The van der Waals surface area contributed by atoms with Crippen molar-refractivity contribution >= 4 is 5.97 Å². The van der Waals surface area contributed by atoms with Crippen molar-refractivity contribution in [1.82, 2.24) is 0 Å². The normalized spacial score (nSPS) is 10.5. The third-order valence-electron chi connectivity index (χ3n) is 1.87. The second-order valence-electron chi connectivity index (χ2n) is 3.50. The zero-order chi connectivity index (χ0) is 10.1. The standard InChI is InChI=1S/C9H20N2O2/c1-11(2)8-4-6-10-7-5-9(12)13-3/h10H,4-8H2,1-3H3/p+2. The summed E-state index contributed by atoms with van der Waals surface area (Å²) >= 11 is 0. The molecule has 0 heterocycles. The summed E-state index contributed by atoms with van der Waals surface area (Å²) in [4.78, 5) is 12.2. The minimum absolute atomic E-state index is 0.116. The van der Waals surface area contributed by atoms with Crippen LogP contribution in [0.4, 0.5) is 0 Å². The van der Waals surface area contributed by atoms with Crippen LogP contribution in [0.3, 0.4) is 0 Å². The minimum Gasteiger partial charge on any atom is -0.469 e. The topological polar surface area (TPSA) is 47.3 Å². The maximum Gasteiger partial charge on any atom is 0.311 e. The highest BCUT2D eigenvalue weighted by Crippen LogP contribution is 1.76. The molecule has 4 nitrogen and oxygen atoms in total. The van der Waals surface area contributed by atoms with Crippen LogP contribution < -0.4 is 10.2 Å². The Labute approximate surface area is 80.2 Å². The van der Waals surface area contributed by atoms with E-state index < -0.39 is 0 Å². The van der Waals surface area contributed by atoms with Gasteiger partial charge in [-0.1, -0.05) is 0 Å². The van der Waals surface area contributed by atoms with Gasteiger partial charge in [0.1, 0.15) is 0 Å². The predicted molar refractivity (Wildman–Crippen MR) is 50.6 cm³/mol. The molecular formula is C9H22N2O2+2. The number of ether oxygens (including phenoxy) is 1. The summed E-state index contributed by atoms with van der Waals surface area (Å²) in [6.07, 6.45) is 1.72. The van der Waals surface area contributed by atoms with Gasteiger partial charge >= 0.3 is 5.97 Å². The summed E-state index contributed by atoms with van der Waals surface area (Å²) in [5.74, 6) is -0.116. The summed E-state index contributed by atoms with van der Waals surface area (Å²) in [7, 11) is 5.72. The van der Waals surface area contributed by atoms with E-state index in [-0.39, 0.29) is 5.97 Å². The molecule has 0 aromatic carbocycles. The van der Waals surface area contributed by atoms with Gasteiger partial charge in [0, 0.05) is 6.42 Å². The first kappa shape index (κ1) is 12.4. The lowest BCUT2D eigenvalue weighted by Crippen LogP contribution is -3.06. The van der Waals surface area contributed by atoms with Crippen LogP contribution >= 0.6 is 0 Å².